The lowest BCUT2D eigenvalue weighted by atomic mass is 10.2. The smallest absolute Gasteiger partial charge is 0.191 e. The number of nitrogens with zero attached hydrogens (tertiary/aromatic N) is 2. The SMILES string of the molecule is CN=C(NCCCN(C)c1ccccc1)NC1CC=CC1.I. The van der Waals surface area contributed by atoms with Gasteiger partial charge in [-0.25, -0.2) is 0 Å². The Morgan fingerprint density at radius 1 is 1.23 bits per heavy atom. The molecule has 1 aromatic carbocycles. The number of guanidine groups is 1. The van der Waals surface area contributed by atoms with Gasteiger partial charge in [-0.1, -0.05) is 30.4 Å². The van der Waals surface area contributed by atoms with Crippen LogP contribution in [-0.4, -0.2) is 39.2 Å². The molecule has 1 aliphatic carbocycles. The van der Waals surface area contributed by atoms with Crippen molar-refractivity contribution in [3.63, 3.8) is 0 Å². The van der Waals surface area contributed by atoms with Gasteiger partial charge in [-0.15, -0.1) is 24.0 Å². The summed E-state index contributed by atoms with van der Waals surface area (Å²) in [5.74, 6) is 0.908. The lowest BCUT2D eigenvalue weighted by Crippen LogP contribution is -2.43. The minimum Gasteiger partial charge on any atom is -0.375 e. The van der Waals surface area contributed by atoms with Crippen LogP contribution in [0.15, 0.2) is 47.5 Å². The molecule has 0 bridgehead atoms. The van der Waals surface area contributed by atoms with Crippen LogP contribution in [0.1, 0.15) is 19.3 Å². The number of hydrogen-bond acceptors (Lipinski definition) is 2. The second-order valence-corrected chi connectivity index (χ2v) is 5.39. The molecule has 0 amide bonds. The Labute approximate surface area is 151 Å². The highest BCUT2D eigenvalue weighted by Crippen LogP contribution is 2.11. The first-order valence-corrected chi connectivity index (χ1v) is 7.68. The normalized spacial score (nSPS) is 14.5. The number of hydrogen-bond donors (Lipinski definition) is 2. The Kier molecular flexibility index (Phi) is 8.96. The highest BCUT2D eigenvalue weighted by Gasteiger charge is 2.11. The van der Waals surface area contributed by atoms with Gasteiger partial charge in [-0.3, -0.25) is 4.99 Å². The maximum absolute atomic E-state index is 4.28. The average Bonchev–Trinajstić information content (AvgIpc) is 3.04. The maximum Gasteiger partial charge on any atom is 0.191 e. The van der Waals surface area contributed by atoms with Gasteiger partial charge in [-0.05, 0) is 31.4 Å². The molecule has 0 atom stereocenters. The number of anilines is 1. The molecule has 5 heteroatoms. The first kappa shape index (κ1) is 18.8. The number of benzene rings is 1. The van der Waals surface area contributed by atoms with E-state index in [1.165, 1.54) is 5.69 Å². The summed E-state index contributed by atoms with van der Waals surface area (Å²) in [4.78, 5) is 6.56. The predicted molar refractivity (Wildman–Crippen MR) is 106 cm³/mol. The van der Waals surface area contributed by atoms with Crippen LogP contribution in [0.2, 0.25) is 0 Å². The molecule has 0 unspecified atom stereocenters. The standard InChI is InChI=1S/C17H26N4.HI/c1-18-17(20-15-9-6-7-10-15)19-13-8-14-21(2)16-11-4-3-5-12-16;/h3-7,11-12,15H,8-10,13-14H2,1-2H3,(H2,18,19,20);1H. The number of para-hydroxylation sites is 1. The maximum atomic E-state index is 4.28. The van der Waals surface area contributed by atoms with Crippen molar-refractivity contribution < 1.29 is 0 Å². The van der Waals surface area contributed by atoms with Gasteiger partial charge in [0.25, 0.3) is 0 Å². The Balaban J connectivity index is 0.00000242. The van der Waals surface area contributed by atoms with E-state index in [0.29, 0.717) is 6.04 Å². The zero-order chi connectivity index (χ0) is 14.9. The van der Waals surface area contributed by atoms with E-state index in [9.17, 15) is 0 Å². The Morgan fingerprint density at radius 3 is 2.55 bits per heavy atom. The summed E-state index contributed by atoms with van der Waals surface area (Å²) >= 11 is 0. The van der Waals surface area contributed by atoms with Crippen LogP contribution >= 0.6 is 24.0 Å². The number of halogens is 1. The quantitative estimate of drug-likeness (QED) is 0.247. The van der Waals surface area contributed by atoms with E-state index in [0.717, 1.165) is 38.3 Å². The van der Waals surface area contributed by atoms with Gasteiger partial charge in [0.2, 0.25) is 0 Å². The van der Waals surface area contributed by atoms with Crippen LogP contribution in [0.5, 0.6) is 0 Å². The van der Waals surface area contributed by atoms with Gasteiger partial charge >= 0.3 is 0 Å². The van der Waals surface area contributed by atoms with E-state index in [2.05, 4.69) is 64.0 Å². The van der Waals surface area contributed by atoms with Crippen molar-refractivity contribution >= 4 is 35.6 Å². The van der Waals surface area contributed by atoms with Crippen molar-refractivity contribution in [3.8, 4) is 0 Å². The second kappa shape index (κ2) is 10.5. The van der Waals surface area contributed by atoms with Gasteiger partial charge in [0, 0.05) is 38.9 Å². The molecule has 2 rings (SSSR count). The van der Waals surface area contributed by atoms with Crippen molar-refractivity contribution in [1.29, 1.82) is 0 Å². The van der Waals surface area contributed by atoms with Gasteiger partial charge < -0.3 is 15.5 Å². The molecule has 0 heterocycles. The van der Waals surface area contributed by atoms with Crippen LogP contribution in [-0.2, 0) is 0 Å². The van der Waals surface area contributed by atoms with E-state index in [1.54, 1.807) is 0 Å². The fourth-order valence-electron chi connectivity index (χ4n) is 2.46. The lowest BCUT2D eigenvalue weighted by molar-refractivity contribution is 0.628. The van der Waals surface area contributed by atoms with E-state index >= 15 is 0 Å². The third-order valence-electron chi connectivity index (χ3n) is 3.73. The molecule has 4 nitrogen and oxygen atoms in total. The van der Waals surface area contributed by atoms with Gasteiger partial charge in [0.05, 0.1) is 0 Å². The van der Waals surface area contributed by atoms with Crippen LogP contribution in [0.3, 0.4) is 0 Å². The van der Waals surface area contributed by atoms with Crippen LogP contribution in [0, 0.1) is 0 Å². The lowest BCUT2D eigenvalue weighted by Gasteiger charge is -2.20. The molecule has 0 radical (unpaired) electrons. The number of aliphatic imine (C=N–C) groups is 1. The highest BCUT2D eigenvalue weighted by atomic mass is 127. The van der Waals surface area contributed by atoms with Crippen molar-refractivity contribution in [2.75, 3.05) is 32.1 Å². The third kappa shape index (κ3) is 6.25. The fraction of sp³-hybridized carbons (Fsp3) is 0.471. The van der Waals surface area contributed by atoms with Gasteiger partial charge in [0.15, 0.2) is 5.96 Å². The van der Waals surface area contributed by atoms with Crippen LogP contribution in [0.4, 0.5) is 5.69 Å². The van der Waals surface area contributed by atoms with Crippen LogP contribution < -0.4 is 15.5 Å². The predicted octanol–water partition coefficient (Wildman–Crippen LogP) is 3.01. The zero-order valence-corrected chi connectivity index (χ0v) is 15.8. The van der Waals surface area contributed by atoms with Crippen molar-refractivity contribution in [2.45, 2.75) is 25.3 Å². The van der Waals surface area contributed by atoms with Crippen molar-refractivity contribution in [1.82, 2.24) is 10.6 Å². The molecule has 1 aromatic rings. The Morgan fingerprint density at radius 2 is 1.91 bits per heavy atom. The average molecular weight is 414 g/mol. The summed E-state index contributed by atoms with van der Waals surface area (Å²) in [7, 11) is 3.96. The van der Waals surface area contributed by atoms with E-state index < -0.39 is 0 Å². The molecule has 0 aliphatic heterocycles. The molecule has 1 aliphatic rings. The molecule has 0 spiro atoms. The molecule has 22 heavy (non-hydrogen) atoms. The summed E-state index contributed by atoms with van der Waals surface area (Å²) in [6, 6.07) is 11.0. The van der Waals surface area contributed by atoms with E-state index in [4.69, 9.17) is 0 Å². The summed E-state index contributed by atoms with van der Waals surface area (Å²) in [5.41, 5.74) is 1.26. The first-order valence-electron chi connectivity index (χ1n) is 7.68. The monoisotopic (exact) mass is 414 g/mol. The Bertz CT molecular complexity index is 465. The summed E-state index contributed by atoms with van der Waals surface area (Å²) < 4.78 is 0. The summed E-state index contributed by atoms with van der Waals surface area (Å²) in [6.07, 6.45) is 7.71. The minimum atomic E-state index is 0. The summed E-state index contributed by atoms with van der Waals surface area (Å²) in [6.45, 7) is 1.95. The second-order valence-electron chi connectivity index (χ2n) is 5.39. The Hall–Kier alpha value is -1.24. The van der Waals surface area contributed by atoms with Crippen molar-refractivity contribution in [3.05, 3.63) is 42.5 Å². The first-order chi connectivity index (χ1) is 10.3. The van der Waals surface area contributed by atoms with Crippen molar-refractivity contribution in [2.24, 2.45) is 4.99 Å². The topological polar surface area (TPSA) is 39.7 Å². The molecule has 0 saturated carbocycles. The summed E-state index contributed by atoms with van der Waals surface area (Å²) in [5, 5.41) is 6.84. The molecule has 0 saturated heterocycles. The highest BCUT2D eigenvalue weighted by molar-refractivity contribution is 14.0. The largest absolute Gasteiger partial charge is 0.375 e. The van der Waals surface area contributed by atoms with Gasteiger partial charge in [0.1, 0.15) is 0 Å². The van der Waals surface area contributed by atoms with Gasteiger partial charge in [-0.2, -0.15) is 0 Å². The zero-order valence-electron chi connectivity index (χ0n) is 13.5. The van der Waals surface area contributed by atoms with E-state index in [-0.39, 0.29) is 24.0 Å². The number of rotatable bonds is 6. The molecular formula is C17H27IN4. The third-order valence-corrected chi connectivity index (χ3v) is 3.73. The molecular weight excluding hydrogens is 387 g/mol. The fourth-order valence-corrected chi connectivity index (χ4v) is 2.46. The van der Waals surface area contributed by atoms with Crippen LogP contribution in [0.25, 0.3) is 0 Å². The number of nitrogens with one attached hydrogen (secondary N) is 2. The molecule has 2 N–H and O–H groups in total. The molecule has 122 valence electrons. The minimum absolute atomic E-state index is 0. The molecule has 0 aromatic heterocycles. The molecule has 0 fully saturated rings. The van der Waals surface area contributed by atoms with E-state index in [1.807, 2.05) is 13.1 Å².